The molecule has 0 saturated carbocycles. The Hall–Kier alpha value is -2.41. The van der Waals surface area contributed by atoms with Crippen LogP contribution in [0.15, 0.2) is 0 Å². The van der Waals surface area contributed by atoms with E-state index in [-0.39, 0.29) is 74.5 Å². The van der Waals surface area contributed by atoms with Crippen LogP contribution < -0.4 is 16.4 Å². The minimum atomic E-state index is -5.08. The molecule has 0 radical (unpaired) electrons. The van der Waals surface area contributed by atoms with Crippen molar-refractivity contribution in [3.8, 4) is 0 Å². The summed E-state index contributed by atoms with van der Waals surface area (Å²) in [6.45, 7) is 8.15. The number of amides is 6. The fourth-order valence-electron chi connectivity index (χ4n) is 6.27. The van der Waals surface area contributed by atoms with Gasteiger partial charge >= 0.3 is 15.6 Å². The van der Waals surface area contributed by atoms with Gasteiger partial charge in [-0.1, -0.05) is 41.0 Å². The van der Waals surface area contributed by atoms with Crippen LogP contribution in [0.3, 0.4) is 0 Å². The van der Waals surface area contributed by atoms with E-state index in [2.05, 4.69) is 24.0 Å². The van der Waals surface area contributed by atoms with E-state index in [0.29, 0.717) is 25.0 Å². The van der Waals surface area contributed by atoms with Gasteiger partial charge < -0.3 is 36.2 Å². The number of nitrogens with zero attached hydrogens (tertiary/aromatic N) is 2. The van der Waals surface area contributed by atoms with E-state index < -0.39 is 62.8 Å². The second-order valence-electron chi connectivity index (χ2n) is 13.9. The fraction of sp³-hybridized carbons (Fsp3) is 0.806. The van der Waals surface area contributed by atoms with Gasteiger partial charge in [-0.3, -0.25) is 42.7 Å². The predicted molar refractivity (Wildman–Crippen MR) is 192 cm³/mol. The summed E-state index contributed by atoms with van der Waals surface area (Å²) in [4.78, 5) is 96.9. The second-order valence-corrected chi connectivity index (χ2v) is 18.3. The number of aliphatic hydroxyl groups is 1. The molecule has 0 aliphatic carbocycles. The standard InChI is InChI=1S/C31H55N5O14P2S/c1-7-21-19(2)20(3)26(28(32)41)36(21)24(38)11-9-8-10-15-35-25(39)17-22(30(35)43)53-16-14-33-23(37)12-13-34-29(42)27(40)31(4,5)18-49-52(46,47)50-51(44,45)48-6/h19-22,26-27,40H,7-18H2,1-6H3,(H2,32,41)(H,33,37)(H,34,42)(H,44,45)(H,46,47)/t19-,20?,21?,22?,26-,27-/m0/s1. The summed E-state index contributed by atoms with van der Waals surface area (Å²) in [5, 5.41) is 14.8. The first kappa shape index (κ1) is 46.7. The Morgan fingerprint density at radius 3 is 2.28 bits per heavy atom. The maximum Gasteiger partial charge on any atom is 0.481 e. The predicted octanol–water partition coefficient (Wildman–Crippen LogP) is 1.04. The first-order valence-electron chi connectivity index (χ1n) is 17.4. The second kappa shape index (κ2) is 20.5. The van der Waals surface area contributed by atoms with E-state index >= 15 is 0 Å². The van der Waals surface area contributed by atoms with E-state index in [9.17, 15) is 52.8 Å². The van der Waals surface area contributed by atoms with Crippen LogP contribution in [-0.2, 0) is 51.3 Å². The number of rotatable bonds is 23. The van der Waals surface area contributed by atoms with Gasteiger partial charge in [-0.2, -0.15) is 4.31 Å². The molecule has 0 aromatic carbocycles. The molecule has 7 N–H and O–H groups in total. The van der Waals surface area contributed by atoms with Crippen molar-refractivity contribution < 1.29 is 66.1 Å². The Morgan fingerprint density at radius 1 is 1.02 bits per heavy atom. The molecule has 0 aromatic rings. The number of aliphatic hydroxyl groups excluding tert-OH is 1. The third-order valence-electron chi connectivity index (χ3n) is 9.48. The molecule has 22 heteroatoms. The molecule has 2 aliphatic heterocycles. The van der Waals surface area contributed by atoms with Gasteiger partial charge in [0.15, 0.2) is 0 Å². The molecule has 2 rings (SSSR count). The Morgan fingerprint density at radius 2 is 1.68 bits per heavy atom. The summed E-state index contributed by atoms with van der Waals surface area (Å²) in [5.74, 6) is -2.05. The van der Waals surface area contributed by atoms with Crippen molar-refractivity contribution in [2.24, 2.45) is 23.0 Å². The Balaban J connectivity index is 1.66. The van der Waals surface area contributed by atoms with E-state index in [1.807, 2.05) is 20.8 Å². The number of hydrogen-bond acceptors (Lipinski definition) is 13. The molecule has 6 amide bonds. The molecule has 19 nitrogen and oxygen atoms in total. The number of phosphoric acid groups is 2. The van der Waals surface area contributed by atoms with Crippen LogP contribution in [0.25, 0.3) is 0 Å². The lowest BCUT2D eigenvalue weighted by Gasteiger charge is -2.29. The number of hydrogen-bond donors (Lipinski definition) is 6. The van der Waals surface area contributed by atoms with Crippen molar-refractivity contribution >= 4 is 62.9 Å². The van der Waals surface area contributed by atoms with Gasteiger partial charge in [-0.05, 0) is 31.1 Å². The largest absolute Gasteiger partial charge is 0.481 e. The first-order valence-corrected chi connectivity index (χ1v) is 21.5. The van der Waals surface area contributed by atoms with Crippen molar-refractivity contribution in [1.82, 2.24) is 20.4 Å². The molecular weight excluding hydrogens is 760 g/mol. The third kappa shape index (κ3) is 13.7. The third-order valence-corrected chi connectivity index (χ3v) is 13.3. The highest BCUT2D eigenvalue weighted by atomic mass is 32.2. The smallest absolute Gasteiger partial charge is 0.383 e. The number of carbonyl (C=O) groups excluding carboxylic acids is 6. The number of carbonyl (C=O) groups is 6. The van der Waals surface area contributed by atoms with Crippen LogP contribution >= 0.6 is 27.4 Å². The highest BCUT2D eigenvalue weighted by Crippen LogP contribution is 2.60. The monoisotopic (exact) mass is 815 g/mol. The fourth-order valence-corrected chi connectivity index (χ4v) is 9.30. The number of imide groups is 1. The molecular formula is C31H55N5O14P2S. The van der Waals surface area contributed by atoms with Crippen LogP contribution in [0, 0.1) is 17.3 Å². The van der Waals surface area contributed by atoms with Crippen LogP contribution in [0.4, 0.5) is 0 Å². The van der Waals surface area contributed by atoms with Crippen LogP contribution in [0.5, 0.6) is 0 Å². The molecule has 304 valence electrons. The summed E-state index contributed by atoms with van der Waals surface area (Å²) < 4.78 is 36.0. The quantitative estimate of drug-likeness (QED) is 0.0478. The SMILES string of the molecule is CCC1[C@@H](C)C(C)[C@@H](C(N)=O)N1C(=O)CCCCCN1C(=O)CC(SCCNC(=O)CCNC(=O)[C@H](O)C(C)(C)COP(=O)(O)OP(=O)(O)OC)C1=O. The number of nitrogens with two attached hydrogens (primary N) is 1. The molecule has 2 fully saturated rings. The van der Waals surface area contributed by atoms with Gasteiger partial charge in [0.1, 0.15) is 12.1 Å². The van der Waals surface area contributed by atoms with Crippen LogP contribution in [0.2, 0.25) is 0 Å². The maximum absolute atomic E-state index is 13.1. The molecule has 2 saturated heterocycles. The first-order chi connectivity index (χ1) is 24.6. The van der Waals surface area contributed by atoms with Gasteiger partial charge in [0.05, 0.1) is 11.9 Å². The molecule has 0 bridgehead atoms. The molecule has 5 unspecified atom stereocenters. The lowest BCUT2D eigenvalue weighted by molar-refractivity contribution is -0.140. The summed E-state index contributed by atoms with van der Waals surface area (Å²) >= 11 is 1.24. The topological polar surface area (TPSA) is 281 Å². The minimum Gasteiger partial charge on any atom is -0.383 e. The van der Waals surface area contributed by atoms with Crippen molar-refractivity contribution in [2.75, 3.05) is 39.1 Å². The number of likely N-dealkylation sites (tertiary alicyclic amines) is 2. The zero-order valence-corrected chi connectivity index (χ0v) is 33.7. The molecule has 2 heterocycles. The normalized spacial score (nSPS) is 24.8. The van der Waals surface area contributed by atoms with Crippen molar-refractivity contribution in [2.45, 2.75) is 103 Å². The average Bonchev–Trinajstić information content (AvgIpc) is 3.50. The lowest BCUT2D eigenvalue weighted by Crippen LogP contribution is -2.48. The minimum absolute atomic E-state index is 0.0255. The van der Waals surface area contributed by atoms with Gasteiger partial charge in [-0.15, -0.1) is 11.8 Å². The summed E-state index contributed by atoms with van der Waals surface area (Å²) in [5.41, 5.74) is 4.17. The highest BCUT2D eigenvalue weighted by molar-refractivity contribution is 8.00. The number of thioether (sulfide) groups is 1. The Labute approximate surface area is 314 Å². The summed E-state index contributed by atoms with van der Waals surface area (Å²) in [6.07, 6.45) is 0.794. The van der Waals surface area contributed by atoms with Crippen molar-refractivity contribution in [3.05, 3.63) is 0 Å². The average molecular weight is 816 g/mol. The number of nitrogens with one attached hydrogen (secondary N) is 2. The zero-order chi connectivity index (χ0) is 40.3. The highest BCUT2D eigenvalue weighted by Gasteiger charge is 2.48. The van der Waals surface area contributed by atoms with Gasteiger partial charge in [-0.25, -0.2) is 9.13 Å². The molecule has 2 aliphatic rings. The number of primary amides is 1. The molecule has 0 spiro atoms. The van der Waals surface area contributed by atoms with E-state index in [0.717, 1.165) is 13.5 Å². The number of phosphoric ester groups is 2. The van der Waals surface area contributed by atoms with Crippen LogP contribution in [0.1, 0.15) is 79.6 Å². The molecule has 8 atom stereocenters. The lowest BCUT2D eigenvalue weighted by atomic mass is 9.87. The van der Waals surface area contributed by atoms with Gasteiger partial charge in [0, 0.05) is 63.2 Å². The Bertz CT molecular complexity index is 1440. The van der Waals surface area contributed by atoms with Crippen molar-refractivity contribution in [1.29, 1.82) is 0 Å². The molecule has 0 aromatic heterocycles. The van der Waals surface area contributed by atoms with E-state index in [1.54, 1.807) is 4.90 Å². The van der Waals surface area contributed by atoms with Crippen LogP contribution in [-0.4, -0.2) is 123 Å². The zero-order valence-electron chi connectivity index (χ0n) is 31.1. The van der Waals surface area contributed by atoms with E-state index in [4.69, 9.17) is 5.73 Å². The summed E-state index contributed by atoms with van der Waals surface area (Å²) in [6, 6.07) is -0.670. The molecule has 53 heavy (non-hydrogen) atoms. The number of unbranched alkanes of at least 4 members (excludes halogenated alkanes) is 2. The maximum atomic E-state index is 13.1. The summed E-state index contributed by atoms with van der Waals surface area (Å²) in [7, 11) is -9.16. The van der Waals surface area contributed by atoms with E-state index in [1.165, 1.54) is 30.5 Å². The van der Waals surface area contributed by atoms with Gasteiger partial charge in [0.25, 0.3) is 0 Å². The van der Waals surface area contributed by atoms with Gasteiger partial charge in [0.2, 0.25) is 35.4 Å². The van der Waals surface area contributed by atoms with Crippen molar-refractivity contribution in [3.63, 3.8) is 0 Å². The Kier molecular flexibility index (Phi) is 18.1.